The van der Waals surface area contributed by atoms with Gasteiger partial charge in [0.05, 0.1) is 22.7 Å². The van der Waals surface area contributed by atoms with Gasteiger partial charge in [0.2, 0.25) is 0 Å². The average molecular weight is 246 g/mol. The van der Waals surface area contributed by atoms with Crippen molar-refractivity contribution >= 4 is 32.8 Å². The molecule has 0 N–H and O–H groups in total. The lowest BCUT2D eigenvalue weighted by molar-refractivity contribution is 0.604. The fourth-order valence-corrected chi connectivity index (χ4v) is 2.36. The lowest BCUT2D eigenvalue weighted by Crippen LogP contribution is -2.04. The number of aromatic nitrogens is 1. The van der Waals surface area contributed by atoms with Crippen LogP contribution in [-0.2, 0) is 0 Å². The number of rotatable bonds is 0. The normalized spacial score (nSPS) is 11.4. The Bertz CT molecular complexity index is 986. The predicted molar refractivity (Wildman–Crippen MR) is 74.1 cm³/mol. The first-order valence-electron chi connectivity index (χ1n) is 5.95. The molecule has 0 amide bonds. The molecule has 2 aromatic carbocycles. The Morgan fingerprint density at radius 1 is 1.05 bits per heavy atom. The molecule has 0 aliphatic rings. The molecular weight excluding hydrogens is 238 g/mol. The zero-order chi connectivity index (χ0) is 12.8. The Morgan fingerprint density at radius 3 is 2.89 bits per heavy atom. The van der Waals surface area contributed by atoms with Gasteiger partial charge in [-0.05, 0) is 36.4 Å². The van der Waals surface area contributed by atoms with Gasteiger partial charge in [-0.25, -0.2) is 4.98 Å². The van der Waals surface area contributed by atoms with Gasteiger partial charge in [0, 0.05) is 10.8 Å². The number of hydrogen-bond donors (Lipinski definition) is 0. The second-order valence-electron chi connectivity index (χ2n) is 4.36. The summed E-state index contributed by atoms with van der Waals surface area (Å²) in [5.41, 5.74) is 2.02. The van der Waals surface area contributed by atoms with E-state index in [1.54, 1.807) is 30.5 Å². The van der Waals surface area contributed by atoms with Gasteiger partial charge in [-0.15, -0.1) is 0 Å². The highest BCUT2D eigenvalue weighted by molar-refractivity contribution is 6.06. The average Bonchev–Trinajstić information content (AvgIpc) is 2.47. The van der Waals surface area contributed by atoms with E-state index >= 15 is 0 Å². The first-order valence-corrected chi connectivity index (χ1v) is 5.95. The van der Waals surface area contributed by atoms with Crippen LogP contribution in [0.15, 0.2) is 57.9 Å². The van der Waals surface area contributed by atoms with Crippen molar-refractivity contribution in [3.8, 4) is 0 Å². The molecule has 3 heteroatoms. The standard InChI is InChI=1S/C16H8NO2/c18-16-10-4-1-2-6-13(10)17-15-11-5-3-9-19-14(11)8-7-12(15)16/h1-4,6-9H. The molecular formula is C16H8NO2. The SMILES string of the molecule is O=c1c2ccccc2nc2c1ccc1occ[c]c12. The summed E-state index contributed by atoms with van der Waals surface area (Å²) in [4.78, 5) is 17.0. The van der Waals surface area contributed by atoms with Gasteiger partial charge in [0.15, 0.2) is 5.43 Å². The molecule has 0 fully saturated rings. The van der Waals surface area contributed by atoms with Gasteiger partial charge in [-0.3, -0.25) is 4.79 Å². The second-order valence-corrected chi connectivity index (χ2v) is 4.36. The van der Waals surface area contributed by atoms with Crippen molar-refractivity contribution in [1.29, 1.82) is 0 Å². The highest BCUT2D eigenvalue weighted by Gasteiger charge is 2.09. The van der Waals surface area contributed by atoms with Crippen molar-refractivity contribution in [3.05, 3.63) is 65.0 Å². The number of pyridine rings is 1. The van der Waals surface area contributed by atoms with Gasteiger partial charge in [-0.2, -0.15) is 0 Å². The van der Waals surface area contributed by atoms with Crippen LogP contribution >= 0.6 is 0 Å². The van der Waals surface area contributed by atoms with Crippen molar-refractivity contribution in [2.24, 2.45) is 0 Å². The zero-order valence-electron chi connectivity index (χ0n) is 9.88. The lowest BCUT2D eigenvalue weighted by atomic mass is 10.1. The fraction of sp³-hybridized carbons (Fsp3) is 0. The Hall–Kier alpha value is -2.68. The van der Waals surface area contributed by atoms with Crippen LogP contribution in [0, 0.1) is 6.07 Å². The monoisotopic (exact) mass is 246 g/mol. The van der Waals surface area contributed by atoms with Crippen molar-refractivity contribution < 1.29 is 4.42 Å². The molecule has 0 saturated heterocycles. The van der Waals surface area contributed by atoms with Gasteiger partial charge in [-0.1, -0.05) is 12.1 Å². The predicted octanol–water partition coefficient (Wildman–Crippen LogP) is 3.29. The van der Waals surface area contributed by atoms with Crippen LogP contribution in [0.1, 0.15) is 0 Å². The molecule has 0 spiro atoms. The van der Waals surface area contributed by atoms with Crippen LogP contribution in [0.2, 0.25) is 0 Å². The molecule has 0 bridgehead atoms. The van der Waals surface area contributed by atoms with Crippen molar-refractivity contribution in [1.82, 2.24) is 4.98 Å². The Kier molecular flexibility index (Phi) is 1.97. The largest absolute Gasteiger partial charge is 0.464 e. The third-order valence-corrected chi connectivity index (χ3v) is 3.26. The number of hydrogen-bond acceptors (Lipinski definition) is 3. The summed E-state index contributed by atoms with van der Waals surface area (Å²) in [7, 11) is 0. The molecule has 2 heterocycles. The molecule has 4 rings (SSSR count). The van der Waals surface area contributed by atoms with Gasteiger partial charge < -0.3 is 4.42 Å². The molecule has 89 valence electrons. The molecule has 2 aromatic heterocycles. The molecule has 3 nitrogen and oxygen atoms in total. The van der Waals surface area contributed by atoms with Crippen LogP contribution < -0.4 is 5.43 Å². The van der Waals surface area contributed by atoms with Gasteiger partial charge in [0.1, 0.15) is 5.58 Å². The van der Waals surface area contributed by atoms with E-state index in [9.17, 15) is 4.79 Å². The molecule has 19 heavy (non-hydrogen) atoms. The van der Waals surface area contributed by atoms with E-state index in [0.717, 1.165) is 5.39 Å². The number of fused-ring (bicyclic) bond motifs is 4. The van der Waals surface area contributed by atoms with Crippen molar-refractivity contribution in [2.75, 3.05) is 0 Å². The van der Waals surface area contributed by atoms with Crippen LogP contribution in [0.5, 0.6) is 0 Å². The first-order chi connectivity index (χ1) is 9.34. The van der Waals surface area contributed by atoms with E-state index in [4.69, 9.17) is 4.42 Å². The first kappa shape index (κ1) is 10.3. The molecule has 0 unspecified atom stereocenters. The molecule has 4 aromatic rings. The van der Waals surface area contributed by atoms with E-state index in [1.165, 1.54) is 0 Å². The smallest absolute Gasteiger partial charge is 0.197 e. The third-order valence-electron chi connectivity index (χ3n) is 3.26. The van der Waals surface area contributed by atoms with E-state index in [-0.39, 0.29) is 5.43 Å². The minimum absolute atomic E-state index is 0.000229. The summed E-state index contributed by atoms with van der Waals surface area (Å²) in [6, 6.07) is 15.7. The van der Waals surface area contributed by atoms with Gasteiger partial charge in [0.25, 0.3) is 0 Å². The summed E-state index contributed by atoms with van der Waals surface area (Å²) < 4.78 is 5.40. The maximum Gasteiger partial charge on any atom is 0.197 e. The summed E-state index contributed by atoms with van der Waals surface area (Å²) in [5, 5.41) is 1.98. The highest BCUT2D eigenvalue weighted by atomic mass is 16.3. The Morgan fingerprint density at radius 2 is 1.95 bits per heavy atom. The topological polar surface area (TPSA) is 43.1 Å². The van der Waals surface area contributed by atoms with E-state index in [1.807, 2.05) is 18.2 Å². The van der Waals surface area contributed by atoms with Crippen LogP contribution in [0.3, 0.4) is 0 Å². The Balaban J connectivity index is 2.36. The number of benzene rings is 2. The van der Waals surface area contributed by atoms with Crippen LogP contribution in [0.4, 0.5) is 0 Å². The highest BCUT2D eigenvalue weighted by Crippen LogP contribution is 2.23. The van der Waals surface area contributed by atoms with Gasteiger partial charge >= 0.3 is 0 Å². The lowest BCUT2D eigenvalue weighted by Gasteiger charge is -2.03. The summed E-state index contributed by atoms with van der Waals surface area (Å²) >= 11 is 0. The van der Waals surface area contributed by atoms with Crippen molar-refractivity contribution in [2.45, 2.75) is 0 Å². The number of para-hydroxylation sites is 1. The van der Waals surface area contributed by atoms with E-state index in [0.29, 0.717) is 27.4 Å². The van der Waals surface area contributed by atoms with Crippen molar-refractivity contribution in [3.63, 3.8) is 0 Å². The molecule has 0 atom stereocenters. The Labute approximate surface area is 108 Å². The molecule has 1 radical (unpaired) electrons. The maximum atomic E-state index is 12.4. The van der Waals surface area contributed by atoms with E-state index < -0.39 is 0 Å². The number of nitrogens with zero attached hydrogens (tertiary/aromatic N) is 1. The summed E-state index contributed by atoms with van der Waals surface area (Å²) in [6.45, 7) is 0. The zero-order valence-corrected chi connectivity index (χ0v) is 9.88. The van der Waals surface area contributed by atoms with Crippen LogP contribution in [0.25, 0.3) is 32.8 Å². The maximum absolute atomic E-state index is 12.4. The molecule has 0 saturated carbocycles. The van der Waals surface area contributed by atoms with Crippen LogP contribution in [-0.4, -0.2) is 4.98 Å². The quantitative estimate of drug-likeness (QED) is 0.353. The summed E-state index contributed by atoms with van der Waals surface area (Å²) in [6.07, 6.45) is 1.56. The minimum atomic E-state index is -0.000229. The van der Waals surface area contributed by atoms with E-state index in [2.05, 4.69) is 11.1 Å². The third kappa shape index (κ3) is 1.38. The second kappa shape index (κ2) is 3.65. The minimum Gasteiger partial charge on any atom is -0.464 e. The fourth-order valence-electron chi connectivity index (χ4n) is 2.36. The summed E-state index contributed by atoms with van der Waals surface area (Å²) in [5.74, 6) is 0. The molecule has 0 aliphatic carbocycles. The molecule has 0 aliphatic heterocycles.